The Balaban J connectivity index is 0.000000364. The molecule has 0 spiro atoms. The van der Waals surface area contributed by atoms with Crippen LogP contribution in [0, 0.1) is 0 Å². The van der Waals surface area contributed by atoms with Crippen LogP contribution in [0.2, 0.25) is 0 Å². The fraction of sp³-hybridized carbons (Fsp3) is 0.778. The van der Waals surface area contributed by atoms with Gasteiger partial charge in [0.15, 0.2) is 0 Å². The van der Waals surface area contributed by atoms with Gasteiger partial charge in [0.25, 0.3) is 0 Å². The predicted molar refractivity (Wildman–Crippen MR) is 50.5 cm³/mol. The van der Waals surface area contributed by atoms with Crippen molar-refractivity contribution in [3.63, 3.8) is 0 Å². The SMILES string of the molecule is CCN1C=C(C)N(CC)C1.FC(F)F. The van der Waals surface area contributed by atoms with Crippen molar-refractivity contribution in [2.45, 2.75) is 27.5 Å². The van der Waals surface area contributed by atoms with Gasteiger partial charge in [-0.15, -0.1) is 0 Å². The average Bonchev–Trinajstić information content (AvgIpc) is 2.45. The number of hydrogen-bond donors (Lipinski definition) is 0. The van der Waals surface area contributed by atoms with Crippen LogP contribution in [0.15, 0.2) is 11.9 Å². The third kappa shape index (κ3) is 4.99. The van der Waals surface area contributed by atoms with Crippen LogP contribution in [0.5, 0.6) is 0 Å². The maximum atomic E-state index is 9.67. The molecule has 5 heteroatoms. The maximum Gasteiger partial charge on any atom is 0.379 e. The Bertz CT molecular complexity index is 180. The molecule has 1 aliphatic rings. The number of hydrogen-bond acceptors (Lipinski definition) is 2. The molecule has 1 heterocycles. The Morgan fingerprint density at radius 3 is 2.00 bits per heavy atom. The fourth-order valence-electron chi connectivity index (χ4n) is 1.26. The Morgan fingerprint density at radius 2 is 1.79 bits per heavy atom. The quantitative estimate of drug-likeness (QED) is 0.691. The van der Waals surface area contributed by atoms with Crippen LogP contribution in [0.3, 0.4) is 0 Å². The second-order valence-electron chi connectivity index (χ2n) is 2.92. The van der Waals surface area contributed by atoms with Crippen molar-refractivity contribution in [2.24, 2.45) is 0 Å². The van der Waals surface area contributed by atoms with Gasteiger partial charge < -0.3 is 9.80 Å². The van der Waals surface area contributed by atoms with E-state index < -0.39 is 6.68 Å². The molecule has 1 rings (SSSR count). The van der Waals surface area contributed by atoms with E-state index in [1.807, 2.05) is 0 Å². The summed E-state index contributed by atoms with van der Waals surface area (Å²) in [6.07, 6.45) is 2.23. The van der Waals surface area contributed by atoms with Gasteiger partial charge in [-0.1, -0.05) is 0 Å². The maximum absolute atomic E-state index is 9.67. The van der Waals surface area contributed by atoms with Gasteiger partial charge in [0.2, 0.25) is 0 Å². The lowest BCUT2D eigenvalue weighted by atomic mass is 10.5. The van der Waals surface area contributed by atoms with E-state index in [4.69, 9.17) is 0 Å². The first kappa shape index (κ1) is 13.1. The first-order valence-electron chi connectivity index (χ1n) is 4.60. The van der Waals surface area contributed by atoms with Gasteiger partial charge in [-0.25, -0.2) is 0 Å². The predicted octanol–water partition coefficient (Wildman–Crippen LogP) is 2.64. The first-order valence-corrected chi connectivity index (χ1v) is 4.60. The third-order valence-corrected chi connectivity index (χ3v) is 2.01. The summed E-state index contributed by atoms with van der Waals surface area (Å²) in [4.78, 5) is 4.68. The molecular weight excluding hydrogens is 193 g/mol. The van der Waals surface area contributed by atoms with Gasteiger partial charge in [0.1, 0.15) is 0 Å². The first-order chi connectivity index (χ1) is 6.51. The van der Waals surface area contributed by atoms with E-state index in [1.54, 1.807) is 0 Å². The third-order valence-electron chi connectivity index (χ3n) is 2.01. The van der Waals surface area contributed by atoms with E-state index in [9.17, 15) is 13.2 Å². The van der Waals surface area contributed by atoms with Crippen molar-refractivity contribution in [1.29, 1.82) is 0 Å². The van der Waals surface area contributed by atoms with Crippen LogP contribution in [-0.4, -0.2) is 36.2 Å². The summed E-state index contributed by atoms with van der Waals surface area (Å²) in [6.45, 7) is 6.20. The minimum absolute atomic E-state index is 1.08. The van der Waals surface area contributed by atoms with Crippen molar-refractivity contribution in [1.82, 2.24) is 9.80 Å². The molecule has 0 aromatic carbocycles. The molecule has 0 amide bonds. The van der Waals surface area contributed by atoms with Crippen LogP contribution >= 0.6 is 0 Å². The molecule has 14 heavy (non-hydrogen) atoms. The lowest BCUT2D eigenvalue weighted by Crippen LogP contribution is -2.25. The number of halogens is 3. The molecule has 1 aliphatic heterocycles. The van der Waals surface area contributed by atoms with Crippen LogP contribution in [0.25, 0.3) is 0 Å². The summed E-state index contributed by atoms with van der Waals surface area (Å²) in [7, 11) is 0. The number of allylic oxidation sites excluding steroid dienone is 1. The van der Waals surface area contributed by atoms with Gasteiger partial charge in [0, 0.05) is 25.0 Å². The molecule has 84 valence electrons. The summed E-state index contributed by atoms with van der Waals surface area (Å²) in [5, 5.41) is 0. The highest BCUT2D eigenvalue weighted by atomic mass is 19.4. The highest BCUT2D eigenvalue weighted by Gasteiger charge is 2.13. The van der Waals surface area contributed by atoms with Crippen molar-refractivity contribution < 1.29 is 13.2 Å². The molecule has 0 bridgehead atoms. The van der Waals surface area contributed by atoms with E-state index in [0.717, 1.165) is 19.8 Å². The number of rotatable bonds is 2. The molecule has 0 N–H and O–H groups in total. The van der Waals surface area contributed by atoms with E-state index >= 15 is 0 Å². The van der Waals surface area contributed by atoms with Crippen molar-refractivity contribution in [3.8, 4) is 0 Å². The topological polar surface area (TPSA) is 6.48 Å². The molecule has 0 atom stereocenters. The van der Waals surface area contributed by atoms with Crippen molar-refractivity contribution in [2.75, 3.05) is 19.8 Å². The molecule has 0 fully saturated rings. The smallest absolute Gasteiger partial charge is 0.359 e. The standard InChI is InChI=1S/C8H16N2.CHF3/c1-4-9-6-8(3)10(5-2)7-9;2-1(3)4/h6H,4-5,7H2,1-3H3;1H. The summed E-state index contributed by atoms with van der Waals surface area (Å²) in [5.74, 6) is 0. The summed E-state index contributed by atoms with van der Waals surface area (Å²) in [5.41, 5.74) is 1.39. The van der Waals surface area contributed by atoms with Crippen LogP contribution in [0.1, 0.15) is 20.8 Å². The van der Waals surface area contributed by atoms with Crippen LogP contribution in [-0.2, 0) is 0 Å². The second-order valence-corrected chi connectivity index (χ2v) is 2.92. The Kier molecular flexibility index (Phi) is 6.16. The van der Waals surface area contributed by atoms with Crippen LogP contribution in [0.4, 0.5) is 13.2 Å². The van der Waals surface area contributed by atoms with E-state index in [2.05, 4.69) is 36.8 Å². The highest BCUT2D eigenvalue weighted by molar-refractivity contribution is 5.02. The molecule has 0 radical (unpaired) electrons. The van der Waals surface area contributed by atoms with E-state index in [0.29, 0.717) is 0 Å². The lowest BCUT2D eigenvalue weighted by molar-refractivity contribution is 0.00819. The monoisotopic (exact) mass is 210 g/mol. The molecule has 2 nitrogen and oxygen atoms in total. The van der Waals surface area contributed by atoms with Gasteiger partial charge in [-0.2, -0.15) is 13.2 Å². The average molecular weight is 210 g/mol. The zero-order valence-electron chi connectivity index (χ0n) is 8.80. The summed E-state index contributed by atoms with van der Waals surface area (Å²) >= 11 is 0. The zero-order chi connectivity index (χ0) is 11.1. The van der Waals surface area contributed by atoms with Gasteiger partial charge >= 0.3 is 6.68 Å². The fourth-order valence-corrected chi connectivity index (χ4v) is 1.26. The molecule has 0 unspecified atom stereocenters. The number of nitrogens with zero attached hydrogens (tertiary/aromatic N) is 2. The molecule has 0 aromatic heterocycles. The Labute approximate surface area is 83.0 Å². The zero-order valence-corrected chi connectivity index (χ0v) is 8.80. The van der Waals surface area contributed by atoms with E-state index in [1.165, 1.54) is 5.70 Å². The molecule has 0 saturated heterocycles. The van der Waals surface area contributed by atoms with Gasteiger partial charge in [0.05, 0.1) is 6.67 Å². The Hall–Kier alpha value is -0.870. The highest BCUT2D eigenvalue weighted by Crippen LogP contribution is 2.13. The molecular formula is C9H17F3N2. The minimum Gasteiger partial charge on any atom is -0.359 e. The van der Waals surface area contributed by atoms with Crippen molar-refractivity contribution >= 4 is 0 Å². The van der Waals surface area contributed by atoms with Crippen LogP contribution < -0.4 is 0 Å². The normalized spacial score (nSPS) is 15.5. The van der Waals surface area contributed by atoms with Gasteiger partial charge in [-0.05, 0) is 20.8 Å². The van der Waals surface area contributed by atoms with E-state index in [-0.39, 0.29) is 0 Å². The second kappa shape index (κ2) is 6.56. The molecule has 0 saturated carbocycles. The Morgan fingerprint density at radius 1 is 1.29 bits per heavy atom. The largest absolute Gasteiger partial charge is 0.379 e. The number of alkyl halides is 3. The minimum atomic E-state index is -3.67. The van der Waals surface area contributed by atoms with Crippen molar-refractivity contribution in [3.05, 3.63) is 11.9 Å². The molecule has 0 aliphatic carbocycles. The summed E-state index contributed by atoms with van der Waals surface area (Å²) < 4.78 is 29.0. The van der Waals surface area contributed by atoms with Gasteiger partial charge in [-0.3, -0.25) is 0 Å². The lowest BCUT2D eigenvalue weighted by Gasteiger charge is -2.19. The summed E-state index contributed by atoms with van der Waals surface area (Å²) in [6, 6.07) is 0. The molecule has 0 aromatic rings.